The van der Waals surface area contributed by atoms with Gasteiger partial charge in [-0.25, -0.2) is 4.79 Å². The van der Waals surface area contributed by atoms with Crippen molar-refractivity contribution in [3.8, 4) is 0 Å². The van der Waals surface area contributed by atoms with E-state index in [4.69, 9.17) is 4.74 Å². The average molecular weight is 345 g/mol. The van der Waals surface area contributed by atoms with Gasteiger partial charge in [-0.15, -0.1) is 0 Å². The molecule has 1 aromatic heterocycles. The second-order valence-electron chi connectivity index (χ2n) is 5.77. The summed E-state index contributed by atoms with van der Waals surface area (Å²) in [6, 6.07) is 6.22. The lowest BCUT2D eigenvalue weighted by atomic mass is 10.0. The fourth-order valence-corrected chi connectivity index (χ4v) is 2.78. The van der Waals surface area contributed by atoms with Gasteiger partial charge in [0.25, 0.3) is 0 Å². The quantitative estimate of drug-likeness (QED) is 0.471. The molecule has 1 unspecified atom stereocenters. The molecule has 7 nitrogen and oxygen atoms in total. The number of amides is 2. The maximum Gasteiger partial charge on any atom is 0.328 e. The number of H-pyrrole nitrogens is 1. The standard InChI is InChI=1S/C18H23N3O4/c1-3-6-15(18(24)25-2)21-17(23)16(20-11-22)9-12-10-19-14-8-5-4-7-13(12)14/h4-5,7-8,10-11,15-16,19H,3,6,9H2,1-2H3,(H,20,22)(H,21,23)/t15?,16-/m1/s1. The van der Waals surface area contributed by atoms with Crippen molar-refractivity contribution in [2.75, 3.05) is 7.11 Å². The van der Waals surface area contributed by atoms with Crippen LogP contribution in [0.15, 0.2) is 30.5 Å². The molecule has 0 saturated heterocycles. The Morgan fingerprint density at radius 2 is 2.04 bits per heavy atom. The molecule has 2 atom stereocenters. The second-order valence-corrected chi connectivity index (χ2v) is 5.77. The third kappa shape index (κ3) is 4.59. The molecule has 0 aliphatic carbocycles. The highest BCUT2D eigenvalue weighted by Crippen LogP contribution is 2.19. The zero-order valence-electron chi connectivity index (χ0n) is 14.4. The number of methoxy groups -OCH3 is 1. The number of rotatable bonds is 9. The Bertz CT molecular complexity index is 741. The zero-order valence-corrected chi connectivity index (χ0v) is 14.4. The molecule has 2 rings (SSSR count). The van der Waals surface area contributed by atoms with Gasteiger partial charge in [0.15, 0.2) is 0 Å². The summed E-state index contributed by atoms with van der Waals surface area (Å²) >= 11 is 0. The molecule has 0 aliphatic rings. The normalized spacial score (nSPS) is 13.0. The fourth-order valence-electron chi connectivity index (χ4n) is 2.78. The SMILES string of the molecule is CCCC(NC(=O)[C@@H](Cc1c[nH]c2ccccc12)NC=O)C(=O)OC. The molecular formula is C18H23N3O4. The summed E-state index contributed by atoms with van der Waals surface area (Å²) in [5.41, 5.74) is 1.87. The highest BCUT2D eigenvalue weighted by Gasteiger charge is 2.26. The van der Waals surface area contributed by atoms with Crippen LogP contribution in [0.3, 0.4) is 0 Å². The van der Waals surface area contributed by atoms with Crippen LogP contribution >= 0.6 is 0 Å². The Balaban J connectivity index is 2.14. The summed E-state index contributed by atoms with van der Waals surface area (Å²) in [4.78, 5) is 38.4. The first-order chi connectivity index (χ1) is 12.1. The minimum Gasteiger partial charge on any atom is -0.467 e. The summed E-state index contributed by atoms with van der Waals surface area (Å²) in [7, 11) is 1.28. The summed E-state index contributed by atoms with van der Waals surface area (Å²) in [6.45, 7) is 1.91. The maximum atomic E-state index is 12.6. The Kier molecular flexibility index (Phi) is 6.56. The van der Waals surface area contributed by atoms with Gasteiger partial charge in [-0.05, 0) is 18.1 Å². The van der Waals surface area contributed by atoms with Crippen molar-refractivity contribution in [1.82, 2.24) is 15.6 Å². The molecule has 1 aromatic carbocycles. The van der Waals surface area contributed by atoms with Gasteiger partial charge in [-0.1, -0.05) is 31.5 Å². The summed E-state index contributed by atoms with van der Waals surface area (Å²) in [5, 5.41) is 6.19. The number of aromatic nitrogens is 1. The molecule has 3 N–H and O–H groups in total. The number of nitrogens with one attached hydrogen (secondary N) is 3. The van der Waals surface area contributed by atoms with Crippen molar-refractivity contribution in [2.45, 2.75) is 38.3 Å². The van der Waals surface area contributed by atoms with Crippen LogP contribution in [0, 0.1) is 0 Å². The predicted octanol–water partition coefficient (Wildman–Crippen LogP) is 1.28. The molecular weight excluding hydrogens is 322 g/mol. The monoisotopic (exact) mass is 345 g/mol. The van der Waals surface area contributed by atoms with E-state index >= 15 is 0 Å². The van der Waals surface area contributed by atoms with Crippen LogP contribution in [0.25, 0.3) is 10.9 Å². The van der Waals surface area contributed by atoms with Crippen LogP contribution in [-0.2, 0) is 25.5 Å². The van der Waals surface area contributed by atoms with Gasteiger partial charge >= 0.3 is 5.97 Å². The van der Waals surface area contributed by atoms with Gasteiger partial charge in [0.1, 0.15) is 12.1 Å². The third-order valence-electron chi connectivity index (χ3n) is 4.06. The molecule has 134 valence electrons. The van der Waals surface area contributed by atoms with E-state index in [1.807, 2.05) is 37.4 Å². The Labute approximate surface area is 146 Å². The molecule has 0 radical (unpaired) electrons. The molecule has 7 heteroatoms. The third-order valence-corrected chi connectivity index (χ3v) is 4.06. The van der Waals surface area contributed by atoms with Crippen LogP contribution in [0.4, 0.5) is 0 Å². The molecule has 25 heavy (non-hydrogen) atoms. The summed E-state index contributed by atoms with van der Waals surface area (Å²) in [5.74, 6) is -0.909. The summed E-state index contributed by atoms with van der Waals surface area (Å²) in [6.07, 6.45) is 3.81. The van der Waals surface area contributed by atoms with E-state index < -0.39 is 24.0 Å². The van der Waals surface area contributed by atoms with Crippen LogP contribution in [0.1, 0.15) is 25.3 Å². The first kappa shape index (κ1) is 18.5. The smallest absolute Gasteiger partial charge is 0.328 e. The van der Waals surface area contributed by atoms with Gasteiger partial charge in [0, 0.05) is 23.5 Å². The number of aromatic amines is 1. The van der Waals surface area contributed by atoms with Crippen molar-refractivity contribution < 1.29 is 19.1 Å². The molecule has 1 heterocycles. The molecule has 0 fully saturated rings. The van der Waals surface area contributed by atoms with Gasteiger partial charge in [-0.2, -0.15) is 0 Å². The Morgan fingerprint density at radius 3 is 2.72 bits per heavy atom. The van der Waals surface area contributed by atoms with Gasteiger partial charge in [0.05, 0.1) is 7.11 Å². The minimum absolute atomic E-state index is 0.314. The lowest BCUT2D eigenvalue weighted by Crippen LogP contribution is -2.51. The minimum atomic E-state index is -0.777. The first-order valence-electron chi connectivity index (χ1n) is 8.23. The number of carbonyl (C=O) groups excluding carboxylic acids is 3. The number of carbonyl (C=O) groups is 3. The van der Waals surface area contributed by atoms with Gasteiger partial charge < -0.3 is 20.4 Å². The highest BCUT2D eigenvalue weighted by molar-refractivity contribution is 5.90. The Morgan fingerprint density at radius 1 is 1.28 bits per heavy atom. The van der Waals surface area contributed by atoms with Crippen LogP contribution in [0.5, 0.6) is 0 Å². The van der Waals surface area contributed by atoms with Crippen molar-refractivity contribution in [3.05, 3.63) is 36.0 Å². The van der Waals surface area contributed by atoms with E-state index in [2.05, 4.69) is 15.6 Å². The van der Waals surface area contributed by atoms with Crippen molar-refractivity contribution in [1.29, 1.82) is 0 Å². The van der Waals surface area contributed by atoms with E-state index in [9.17, 15) is 14.4 Å². The van der Waals surface area contributed by atoms with Crippen LogP contribution in [0.2, 0.25) is 0 Å². The molecule has 0 saturated carbocycles. The number of benzene rings is 1. The van der Waals surface area contributed by atoms with E-state index in [0.29, 0.717) is 25.7 Å². The molecule has 2 aromatic rings. The lowest BCUT2D eigenvalue weighted by molar-refractivity contribution is -0.145. The van der Waals surface area contributed by atoms with Gasteiger partial charge in [0.2, 0.25) is 12.3 Å². The highest BCUT2D eigenvalue weighted by atomic mass is 16.5. The number of para-hydroxylation sites is 1. The average Bonchev–Trinajstić information content (AvgIpc) is 3.03. The Hall–Kier alpha value is -2.83. The maximum absolute atomic E-state index is 12.6. The van der Waals surface area contributed by atoms with E-state index in [1.165, 1.54) is 7.11 Å². The van der Waals surface area contributed by atoms with Crippen molar-refractivity contribution >= 4 is 29.2 Å². The molecule has 0 spiro atoms. The lowest BCUT2D eigenvalue weighted by Gasteiger charge is -2.20. The molecule has 2 amide bonds. The predicted molar refractivity (Wildman–Crippen MR) is 93.8 cm³/mol. The van der Waals surface area contributed by atoms with Crippen LogP contribution in [-0.4, -0.2) is 42.5 Å². The van der Waals surface area contributed by atoms with E-state index in [0.717, 1.165) is 16.5 Å². The van der Waals surface area contributed by atoms with Crippen molar-refractivity contribution in [3.63, 3.8) is 0 Å². The number of fused-ring (bicyclic) bond motifs is 1. The number of hydrogen-bond donors (Lipinski definition) is 3. The van der Waals surface area contributed by atoms with E-state index in [1.54, 1.807) is 0 Å². The zero-order chi connectivity index (χ0) is 18.2. The van der Waals surface area contributed by atoms with Crippen molar-refractivity contribution in [2.24, 2.45) is 0 Å². The fraction of sp³-hybridized carbons (Fsp3) is 0.389. The second kappa shape index (κ2) is 8.86. The number of esters is 1. The topological polar surface area (TPSA) is 100 Å². The first-order valence-corrected chi connectivity index (χ1v) is 8.23. The summed E-state index contributed by atoms with van der Waals surface area (Å²) < 4.78 is 4.72. The number of ether oxygens (including phenoxy) is 1. The van der Waals surface area contributed by atoms with E-state index in [-0.39, 0.29) is 0 Å². The largest absolute Gasteiger partial charge is 0.467 e. The molecule has 0 bridgehead atoms. The number of hydrogen-bond acceptors (Lipinski definition) is 4. The van der Waals surface area contributed by atoms with Gasteiger partial charge in [-0.3, -0.25) is 9.59 Å². The molecule has 0 aliphatic heterocycles. The van der Waals surface area contributed by atoms with Crippen LogP contribution < -0.4 is 10.6 Å².